The van der Waals surface area contributed by atoms with Gasteiger partial charge in [0, 0.05) is 16.0 Å². The molecule has 0 atom stereocenters. The average Bonchev–Trinajstić information content (AvgIpc) is 3.09. The summed E-state index contributed by atoms with van der Waals surface area (Å²) in [6.07, 6.45) is 0.674. The van der Waals surface area contributed by atoms with Gasteiger partial charge in [-0.15, -0.1) is 22.7 Å². The van der Waals surface area contributed by atoms with E-state index in [2.05, 4.69) is 38.3 Å². The normalized spacial score (nSPS) is 17.5. The third-order valence-electron chi connectivity index (χ3n) is 4.26. The highest BCUT2D eigenvalue weighted by atomic mass is 35.5. The Morgan fingerprint density at radius 3 is 2.50 bits per heavy atom. The molecule has 0 saturated carbocycles. The summed E-state index contributed by atoms with van der Waals surface area (Å²) in [6, 6.07) is 3.35. The molecular formula is C18H21ClN2O3S2. The van der Waals surface area contributed by atoms with Crippen LogP contribution >= 0.6 is 34.3 Å². The van der Waals surface area contributed by atoms with E-state index in [1.54, 1.807) is 12.1 Å². The second-order valence-corrected chi connectivity index (χ2v) is 10.2. The van der Waals surface area contributed by atoms with Crippen molar-refractivity contribution in [3.8, 4) is 0 Å². The molecule has 26 heavy (non-hydrogen) atoms. The SMILES string of the molecule is COC(=O)c1c(NC(=O)c2ccc(Cl)s2)sc2c1CC(C)(C)NC2(C)C. The van der Waals surface area contributed by atoms with Gasteiger partial charge in [0.15, 0.2) is 0 Å². The summed E-state index contributed by atoms with van der Waals surface area (Å²) >= 11 is 8.54. The van der Waals surface area contributed by atoms with Crippen molar-refractivity contribution in [1.82, 2.24) is 5.32 Å². The van der Waals surface area contributed by atoms with Gasteiger partial charge in [-0.2, -0.15) is 0 Å². The van der Waals surface area contributed by atoms with Gasteiger partial charge in [-0.05, 0) is 51.8 Å². The van der Waals surface area contributed by atoms with Gasteiger partial charge in [-0.3, -0.25) is 4.79 Å². The number of carbonyl (C=O) groups excluding carboxylic acids is 2. The summed E-state index contributed by atoms with van der Waals surface area (Å²) < 4.78 is 5.55. The summed E-state index contributed by atoms with van der Waals surface area (Å²) in [5.41, 5.74) is 0.893. The van der Waals surface area contributed by atoms with Crippen molar-refractivity contribution in [2.75, 3.05) is 12.4 Å². The molecule has 1 amide bonds. The summed E-state index contributed by atoms with van der Waals surface area (Å²) in [4.78, 5) is 26.6. The lowest BCUT2D eigenvalue weighted by molar-refractivity contribution is 0.0600. The van der Waals surface area contributed by atoms with Gasteiger partial charge in [0.25, 0.3) is 5.91 Å². The Kier molecular flexibility index (Phi) is 4.94. The zero-order valence-electron chi connectivity index (χ0n) is 15.3. The van der Waals surface area contributed by atoms with Crippen molar-refractivity contribution in [2.24, 2.45) is 0 Å². The molecule has 0 fully saturated rings. The molecule has 2 aromatic rings. The number of ether oxygens (including phenoxy) is 1. The van der Waals surface area contributed by atoms with E-state index in [0.29, 0.717) is 26.2 Å². The minimum Gasteiger partial charge on any atom is -0.465 e. The molecule has 0 saturated heterocycles. The Morgan fingerprint density at radius 1 is 1.23 bits per heavy atom. The van der Waals surface area contributed by atoms with Crippen molar-refractivity contribution >= 4 is 51.2 Å². The highest BCUT2D eigenvalue weighted by molar-refractivity contribution is 7.19. The largest absolute Gasteiger partial charge is 0.465 e. The van der Waals surface area contributed by atoms with Crippen molar-refractivity contribution in [1.29, 1.82) is 0 Å². The molecule has 3 heterocycles. The number of fused-ring (bicyclic) bond motifs is 1. The fourth-order valence-electron chi connectivity index (χ4n) is 3.53. The van der Waals surface area contributed by atoms with E-state index in [-0.39, 0.29) is 17.0 Å². The van der Waals surface area contributed by atoms with Crippen LogP contribution in [0.3, 0.4) is 0 Å². The zero-order chi connectivity index (χ0) is 19.3. The minimum absolute atomic E-state index is 0.178. The first kappa shape index (κ1) is 19.4. The molecular weight excluding hydrogens is 392 g/mol. The first-order valence-electron chi connectivity index (χ1n) is 8.14. The Bertz CT molecular complexity index is 883. The molecule has 0 bridgehead atoms. The van der Waals surface area contributed by atoms with E-state index in [1.165, 1.54) is 29.8 Å². The highest BCUT2D eigenvalue weighted by Gasteiger charge is 2.42. The molecule has 1 aliphatic heterocycles. The smallest absolute Gasteiger partial charge is 0.341 e. The standard InChI is InChI=1S/C18H21ClN2O3S2/c1-17(2)8-9-12(16(23)24-5)15(26-13(9)18(3,4)21-17)20-14(22)10-6-7-11(19)25-10/h6-7,21H,8H2,1-5H3,(H,20,22). The van der Waals surface area contributed by atoms with Crippen LogP contribution in [0.1, 0.15) is 58.2 Å². The maximum atomic E-state index is 12.6. The summed E-state index contributed by atoms with van der Waals surface area (Å²) in [6.45, 7) is 8.36. The third-order valence-corrected chi connectivity index (χ3v) is 6.96. The predicted octanol–water partition coefficient (Wildman–Crippen LogP) is 4.66. The number of methoxy groups -OCH3 is 1. The molecule has 140 valence electrons. The lowest BCUT2D eigenvalue weighted by Gasteiger charge is -2.42. The maximum Gasteiger partial charge on any atom is 0.341 e. The number of rotatable bonds is 3. The highest BCUT2D eigenvalue weighted by Crippen LogP contribution is 2.45. The van der Waals surface area contributed by atoms with Crippen molar-refractivity contribution < 1.29 is 14.3 Å². The van der Waals surface area contributed by atoms with Crippen LogP contribution in [0.4, 0.5) is 5.00 Å². The number of nitrogens with one attached hydrogen (secondary N) is 2. The Balaban J connectivity index is 2.07. The minimum atomic E-state index is -0.435. The van der Waals surface area contributed by atoms with E-state index in [4.69, 9.17) is 16.3 Å². The summed E-state index contributed by atoms with van der Waals surface area (Å²) in [5, 5.41) is 7.00. The molecule has 0 aliphatic carbocycles. The Labute approximate surface area is 165 Å². The van der Waals surface area contributed by atoms with E-state index in [1.807, 2.05) is 0 Å². The number of anilines is 1. The number of hydrogen-bond donors (Lipinski definition) is 2. The number of hydrogen-bond acceptors (Lipinski definition) is 6. The van der Waals surface area contributed by atoms with Crippen molar-refractivity contribution in [3.63, 3.8) is 0 Å². The van der Waals surface area contributed by atoms with Crippen molar-refractivity contribution in [3.05, 3.63) is 37.4 Å². The molecule has 5 nitrogen and oxygen atoms in total. The first-order chi connectivity index (χ1) is 12.0. The monoisotopic (exact) mass is 412 g/mol. The second-order valence-electron chi connectivity index (χ2n) is 7.47. The van der Waals surface area contributed by atoms with Gasteiger partial charge in [-0.1, -0.05) is 11.6 Å². The molecule has 2 N–H and O–H groups in total. The number of amides is 1. The summed E-state index contributed by atoms with van der Waals surface area (Å²) in [7, 11) is 1.36. The first-order valence-corrected chi connectivity index (χ1v) is 10.2. The van der Waals surface area contributed by atoms with Gasteiger partial charge in [0.2, 0.25) is 0 Å². The van der Waals surface area contributed by atoms with Crippen LogP contribution in [0, 0.1) is 0 Å². The van der Waals surface area contributed by atoms with Crippen LogP contribution in [0.25, 0.3) is 0 Å². The van der Waals surface area contributed by atoms with Crippen LogP contribution < -0.4 is 10.6 Å². The molecule has 2 aromatic heterocycles. The van der Waals surface area contributed by atoms with Crippen LogP contribution in [0.15, 0.2) is 12.1 Å². The van der Waals surface area contributed by atoms with E-state index >= 15 is 0 Å². The lowest BCUT2D eigenvalue weighted by atomic mass is 9.81. The average molecular weight is 413 g/mol. The van der Waals surface area contributed by atoms with Gasteiger partial charge in [0.1, 0.15) is 5.00 Å². The molecule has 0 unspecified atom stereocenters. The lowest BCUT2D eigenvalue weighted by Crippen LogP contribution is -2.55. The van der Waals surface area contributed by atoms with Gasteiger partial charge >= 0.3 is 5.97 Å². The molecule has 0 aromatic carbocycles. The Morgan fingerprint density at radius 2 is 1.92 bits per heavy atom. The fraction of sp³-hybridized carbons (Fsp3) is 0.444. The van der Waals surface area contributed by atoms with Gasteiger partial charge < -0.3 is 15.4 Å². The zero-order valence-corrected chi connectivity index (χ0v) is 17.7. The van der Waals surface area contributed by atoms with E-state index in [9.17, 15) is 9.59 Å². The van der Waals surface area contributed by atoms with Crippen LogP contribution in [0.5, 0.6) is 0 Å². The quantitative estimate of drug-likeness (QED) is 0.719. The van der Waals surface area contributed by atoms with E-state index < -0.39 is 5.97 Å². The summed E-state index contributed by atoms with van der Waals surface area (Å²) in [5.74, 6) is -0.716. The molecule has 3 rings (SSSR count). The predicted molar refractivity (Wildman–Crippen MR) is 107 cm³/mol. The topological polar surface area (TPSA) is 67.4 Å². The molecule has 8 heteroatoms. The second kappa shape index (κ2) is 6.64. The third kappa shape index (κ3) is 3.53. The number of thiophene rings is 2. The number of carbonyl (C=O) groups is 2. The van der Waals surface area contributed by atoms with Gasteiger partial charge in [0.05, 0.1) is 21.9 Å². The van der Waals surface area contributed by atoms with Crippen LogP contribution in [-0.2, 0) is 16.7 Å². The Hall–Kier alpha value is -1.41. The molecule has 0 spiro atoms. The van der Waals surface area contributed by atoms with Crippen LogP contribution in [0.2, 0.25) is 4.34 Å². The fourth-order valence-corrected chi connectivity index (χ4v) is 5.73. The number of halogens is 1. The molecule has 1 aliphatic rings. The van der Waals surface area contributed by atoms with Crippen LogP contribution in [-0.4, -0.2) is 24.5 Å². The molecule has 0 radical (unpaired) electrons. The van der Waals surface area contributed by atoms with Crippen molar-refractivity contribution in [2.45, 2.75) is 45.2 Å². The number of esters is 1. The van der Waals surface area contributed by atoms with E-state index in [0.717, 1.165) is 10.4 Å². The van der Waals surface area contributed by atoms with Gasteiger partial charge in [-0.25, -0.2) is 4.79 Å². The maximum absolute atomic E-state index is 12.6.